The number of hydrogen-bond acceptors (Lipinski definition) is 1. The molecule has 1 amide bonds. The standard InChI is InChI=1S/C13H15NO/c1-13(2,3)8-10-9-6-4-5-7-11(9)14-12(10)15/h4-8H,1-3H3,(H,14,15)/b10-8-. The molecule has 0 unspecified atom stereocenters. The van der Waals surface area contributed by atoms with Crippen LogP contribution in [0.1, 0.15) is 26.3 Å². The van der Waals surface area contributed by atoms with E-state index in [-0.39, 0.29) is 11.3 Å². The SMILES string of the molecule is CC(C)(C)/C=C1\C(=O)Nc2ccccc21. The third kappa shape index (κ3) is 1.94. The molecule has 1 aliphatic heterocycles. The third-order valence-corrected chi connectivity index (χ3v) is 2.29. The van der Waals surface area contributed by atoms with Gasteiger partial charge in [0.15, 0.2) is 0 Å². The van der Waals surface area contributed by atoms with Gasteiger partial charge >= 0.3 is 0 Å². The number of para-hydroxylation sites is 1. The molecule has 0 aliphatic carbocycles. The van der Waals surface area contributed by atoms with E-state index in [2.05, 4.69) is 26.1 Å². The van der Waals surface area contributed by atoms with Gasteiger partial charge in [0.2, 0.25) is 0 Å². The molecule has 0 spiro atoms. The van der Waals surface area contributed by atoms with Crippen molar-refractivity contribution in [2.24, 2.45) is 5.41 Å². The smallest absolute Gasteiger partial charge is 0.256 e. The summed E-state index contributed by atoms with van der Waals surface area (Å²) in [6, 6.07) is 7.79. The lowest BCUT2D eigenvalue weighted by atomic mass is 9.91. The van der Waals surface area contributed by atoms with Gasteiger partial charge in [-0.05, 0) is 11.5 Å². The molecule has 0 saturated carbocycles. The van der Waals surface area contributed by atoms with Gasteiger partial charge in [0.1, 0.15) is 0 Å². The summed E-state index contributed by atoms with van der Waals surface area (Å²) in [6.45, 7) is 6.27. The molecule has 2 rings (SSSR count). The van der Waals surface area contributed by atoms with Crippen LogP contribution >= 0.6 is 0 Å². The highest BCUT2D eigenvalue weighted by molar-refractivity contribution is 6.31. The first kappa shape index (κ1) is 9.97. The highest BCUT2D eigenvalue weighted by Crippen LogP contribution is 2.34. The second-order valence-electron chi connectivity index (χ2n) is 4.92. The third-order valence-electron chi connectivity index (χ3n) is 2.29. The van der Waals surface area contributed by atoms with E-state index < -0.39 is 0 Å². The molecule has 2 heteroatoms. The Hall–Kier alpha value is -1.57. The van der Waals surface area contributed by atoms with Crippen molar-refractivity contribution in [3.05, 3.63) is 35.9 Å². The molecular weight excluding hydrogens is 186 g/mol. The van der Waals surface area contributed by atoms with E-state index >= 15 is 0 Å². The number of benzene rings is 1. The quantitative estimate of drug-likeness (QED) is 0.642. The summed E-state index contributed by atoms with van der Waals surface area (Å²) in [5.41, 5.74) is 2.73. The largest absolute Gasteiger partial charge is 0.321 e. The Morgan fingerprint density at radius 1 is 1.20 bits per heavy atom. The van der Waals surface area contributed by atoms with Crippen molar-refractivity contribution in [1.29, 1.82) is 0 Å². The zero-order chi connectivity index (χ0) is 11.1. The van der Waals surface area contributed by atoms with E-state index in [9.17, 15) is 4.79 Å². The fourth-order valence-corrected chi connectivity index (χ4v) is 1.72. The van der Waals surface area contributed by atoms with Gasteiger partial charge in [-0.2, -0.15) is 0 Å². The van der Waals surface area contributed by atoms with Gasteiger partial charge in [-0.25, -0.2) is 0 Å². The van der Waals surface area contributed by atoms with Gasteiger partial charge in [0.05, 0.1) is 0 Å². The Kier molecular flexibility index (Phi) is 2.14. The van der Waals surface area contributed by atoms with Crippen LogP contribution in [0.3, 0.4) is 0 Å². The van der Waals surface area contributed by atoms with E-state index in [1.54, 1.807) is 0 Å². The van der Waals surface area contributed by atoms with Crippen molar-refractivity contribution in [1.82, 2.24) is 0 Å². The lowest BCUT2D eigenvalue weighted by Crippen LogP contribution is -2.08. The Morgan fingerprint density at radius 3 is 2.53 bits per heavy atom. The second kappa shape index (κ2) is 3.23. The van der Waals surface area contributed by atoms with Crippen molar-refractivity contribution >= 4 is 17.2 Å². The molecule has 0 atom stereocenters. The highest BCUT2D eigenvalue weighted by Gasteiger charge is 2.25. The zero-order valence-electron chi connectivity index (χ0n) is 9.29. The topological polar surface area (TPSA) is 29.1 Å². The van der Waals surface area contributed by atoms with Crippen LogP contribution in [0.5, 0.6) is 0 Å². The average molecular weight is 201 g/mol. The van der Waals surface area contributed by atoms with Gasteiger partial charge in [-0.3, -0.25) is 4.79 Å². The summed E-state index contributed by atoms with van der Waals surface area (Å²) in [6.07, 6.45) is 2.02. The summed E-state index contributed by atoms with van der Waals surface area (Å²) < 4.78 is 0. The summed E-state index contributed by atoms with van der Waals surface area (Å²) in [5, 5.41) is 2.86. The Bertz CT molecular complexity index is 438. The Morgan fingerprint density at radius 2 is 1.87 bits per heavy atom. The van der Waals surface area contributed by atoms with Crippen molar-refractivity contribution in [3.63, 3.8) is 0 Å². The minimum atomic E-state index is 0.00567. The molecule has 1 N–H and O–H groups in total. The number of amides is 1. The lowest BCUT2D eigenvalue weighted by Gasteiger charge is -2.12. The molecule has 1 aromatic rings. The number of allylic oxidation sites excluding steroid dienone is 1. The molecule has 1 aromatic carbocycles. The maximum absolute atomic E-state index is 11.7. The maximum atomic E-state index is 11.7. The molecule has 1 aliphatic rings. The molecule has 1 heterocycles. The minimum Gasteiger partial charge on any atom is -0.321 e. The van der Waals surface area contributed by atoms with Crippen molar-refractivity contribution in [2.45, 2.75) is 20.8 Å². The van der Waals surface area contributed by atoms with Crippen molar-refractivity contribution in [3.8, 4) is 0 Å². The number of anilines is 1. The summed E-state index contributed by atoms with van der Waals surface area (Å²) in [7, 11) is 0. The molecule has 0 bridgehead atoms. The predicted octanol–water partition coefficient (Wildman–Crippen LogP) is 3.07. The number of carbonyl (C=O) groups is 1. The lowest BCUT2D eigenvalue weighted by molar-refractivity contribution is -0.110. The van der Waals surface area contributed by atoms with Crippen LogP contribution in [0.25, 0.3) is 5.57 Å². The molecule has 78 valence electrons. The van der Waals surface area contributed by atoms with Crippen LogP contribution in [0.4, 0.5) is 5.69 Å². The first-order valence-corrected chi connectivity index (χ1v) is 5.11. The van der Waals surface area contributed by atoms with Crippen molar-refractivity contribution in [2.75, 3.05) is 5.32 Å². The number of carbonyl (C=O) groups excluding carboxylic acids is 1. The Labute approximate surface area is 90.0 Å². The fraction of sp³-hybridized carbons (Fsp3) is 0.308. The molecule has 0 radical (unpaired) electrons. The van der Waals surface area contributed by atoms with Crippen LogP contribution in [0.15, 0.2) is 30.3 Å². The first-order chi connectivity index (χ1) is 6.97. The van der Waals surface area contributed by atoms with Gasteiger partial charge in [0.25, 0.3) is 5.91 Å². The van der Waals surface area contributed by atoms with Gasteiger partial charge in [-0.15, -0.1) is 0 Å². The highest BCUT2D eigenvalue weighted by atomic mass is 16.2. The van der Waals surface area contributed by atoms with Gasteiger partial charge in [0, 0.05) is 16.8 Å². The van der Waals surface area contributed by atoms with Gasteiger partial charge in [-0.1, -0.05) is 45.0 Å². The van der Waals surface area contributed by atoms with E-state index in [4.69, 9.17) is 0 Å². The summed E-state index contributed by atoms with van der Waals surface area (Å²) >= 11 is 0. The summed E-state index contributed by atoms with van der Waals surface area (Å²) in [5.74, 6) is 0.00567. The fourth-order valence-electron chi connectivity index (χ4n) is 1.72. The van der Waals surface area contributed by atoms with Crippen molar-refractivity contribution < 1.29 is 4.79 Å². The number of rotatable bonds is 0. The number of hydrogen-bond donors (Lipinski definition) is 1. The minimum absolute atomic E-state index is 0.00567. The van der Waals surface area contributed by atoms with Crippen LogP contribution < -0.4 is 5.32 Å². The average Bonchev–Trinajstić information content (AvgIpc) is 2.41. The maximum Gasteiger partial charge on any atom is 0.256 e. The molecule has 15 heavy (non-hydrogen) atoms. The monoisotopic (exact) mass is 201 g/mol. The first-order valence-electron chi connectivity index (χ1n) is 5.11. The van der Waals surface area contributed by atoms with E-state index in [0.717, 1.165) is 16.8 Å². The summed E-state index contributed by atoms with van der Waals surface area (Å²) in [4.78, 5) is 11.7. The van der Waals surface area contributed by atoms with Crippen LogP contribution in [0, 0.1) is 5.41 Å². The molecule has 0 aromatic heterocycles. The molecular formula is C13H15NO. The van der Waals surface area contributed by atoms with Crippen LogP contribution in [-0.4, -0.2) is 5.91 Å². The second-order valence-corrected chi connectivity index (χ2v) is 4.92. The number of nitrogens with one attached hydrogen (secondary N) is 1. The van der Waals surface area contributed by atoms with Crippen LogP contribution in [-0.2, 0) is 4.79 Å². The van der Waals surface area contributed by atoms with E-state index in [1.165, 1.54) is 0 Å². The zero-order valence-corrected chi connectivity index (χ0v) is 9.29. The van der Waals surface area contributed by atoms with E-state index in [1.807, 2.05) is 30.3 Å². The normalized spacial score (nSPS) is 17.8. The Balaban J connectivity index is 2.52. The molecule has 0 saturated heterocycles. The van der Waals surface area contributed by atoms with Gasteiger partial charge < -0.3 is 5.32 Å². The van der Waals surface area contributed by atoms with E-state index in [0.29, 0.717) is 0 Å². The molecule has 0 fully saturated rings. The molecule has 2 nitrogen and oxygen atoms in total. The van der Waals surface area contributed by atoms with Crippen LogP contribution in [0.2, 0.25) is 0 Å². The predicted molar refractivity (Wildman–Crippen MR) is 62.5 cm³/mol. The number of fused-ring (bicyclic) bond motifs is 1.